The van der Waals surface area contributed by atoms with Gasteiger partial charge in [0.05, 0.1) is 5.92 Å². The minimum atomic E-state index is -0.454. The first-order valence-electron chi connectivity index (χ1n) is 7.77. The van der Waals surface area contributed by atoms with Gasteiger partial charge in [-0.3, -0.25) is 0 Å². The predicted molar refractivity (Wildman–Crippen MR) is 77.6 cm³/mol. The van der Waals surface area contributed by atoms with Crippen LogP contribution in [0.4, 0.5) is 0 Å². The standard InChI is InChI=1S/C15H27N3O2/c1-5-15(3,19-4)14-17-13(20-18-14)11-9-7-8-10-12(11)16-6-2/h11-12,16H,5-10H2,1-4H3. The van der Waals surface area contributed by atoms with Crippen LogP contribution in [-0.4, -0.2) is 29.8 Å². The molecule has 0 aromatic carbocycles. The van der Waals surface area contributed by atoms with Crippen LogP contribution in [0.15, 0.2) is 4.52 Å². The van der Waals surface area contributed by atoms with Gasteiger partial charge in [-0.2, -0.15) is 4.98 Å². The third-order valence-electron chi connectivity index (χ3n) is 4.59. The summed E-state index contributed by atoms with van der Waals surface area (Å²) in [5, 5.41) is 7.71. The Labute approximate surface area is 121 Å². The van der Waals surface area contributed by atoms with Crippen LogP contribution in [0.2, 0.25) is 0 Å². The van der Waals surface area contributed by atoms with E-state index in [1.54, 1.807) is 7.11 Å². The lowest BCUT2D eigenvalue weighted by atomic mass is 9.84. The van der Waals surface area contributed by atoms with Crippen molar-refractivity contribution >= 4 is 0 Å². The zero-order chi connectivity index (χ0) is 14.6. The number of aromatic nitrogens is 2. The van der Waals surface area contributed by atoms with Gasteiger partial charge >= 0.3 is 0 Å². The summed E-state index contributed by atoms with van der Waals surface area (Å²) in [5.74, 6) is 1.77. The highest BCUT2D eigenvalue weighted by molar-refractivity contribution is 5.05. The zero-order valence-electron chi connectivity index (χ0n) is 13.1. The van der Waals surface area contributed by atoms with Crippen molar-refractivity contribution in [3.05, 3.63) is 11.7 Å². The molecule has 0 bridgehead atoms. The maximum absolute atomic E-state index is 5.55. The van der Waals surface area contributed by atoms with Gasteiger partial charge in [-0.25, -0.2) is 0 Å². The Hall–Kier alpha value is -0.940. The quantitative estimate of drug-likeness (QED) is 0.868. The van der Waals surface area contributed by atoms with Crippen molar-refractivity contribution < 1.29 is 9.26 Å². The van der Waals surface area contributed by atoms with Crippen molar-refractivity contribution in [2.75, 3.05) is 13.7 Å². The highest BCUT2D eigenvalue weighted by atomic mass is 16.5. The Morgan fingerprint density at radius 1 is 1.35 bits per heavy atom. The van der Waals surface area contributed by atoms with E-state index in [0.29, 0.717) is 17.8 Å². The lowest BCUT2D eigenvalue weighted by molar-refractivity contribution is -0.0106. The molecule has 5 nitrogen and oxygen atoms in total. The molecule has 114 valence electrons. The van der Waals surface area contributed by atoms with Gasteiger partial charge in [-0.15, -0.1) is 0 Å². The number of nitrogens with zero attached hydrogens (tertiary/aromatic N) is 2. The Balaban J connectivity index is 2.18. The molecule has 1 N–H and O–H groups in total. The van der Waals surface area contributed by atoms with E-state index in [1.807, 2.05) is 6.92 Å². The monoisotopic (exact) mass is 281 g/mol. The van der Waals surface area contributed by atoms with E-state index in [1.165, 1.54) is 19.3 Å². The molecule has 3 atom stereocenters. The normalized spacial score (nSPS) is 26.4. The Bertz CT molecular complexity index is 413. The van der Waals surface area contributed by atoms with E-state index >= 15 is 0 Å². The van der Waals surface area contributed by atoms with E-state index in [-0.39, 0.29) is 0 Å². The largest absolute Gasteiger partial charge is 0.370 e. The molecule has 20 heavy (non-hydrogen) atoms. The van der Waals surface area contributed by atoms with Crippen molar-refractivity contribution in [3.8, 4) is 0 Å². The highest BCUT2D eigenvalue weighted by Gasteiger charge is 2.34. The SMILES string of the molecule is CCNC1CCCCC1c1nc(C(C)(CC)OC)no1. The summed E-state index contributed by atoms with van der Waals surface area (Å²) >= 11 is 0. The fraction of sp³-hybridized carbons (Fsp3) is 0.867. The van der Waals surface area contributed by atoms with E-state index in [4.69, 9.17) is 9.26 Å². The summed E-state index contributed by atoms with van der Waals surface area (Å²) < 4.78 is 11.1. The van der Waals surface area contributed by atoms with Crippen molar-refractivity contribution in [1.29, 1.82) is 0 Å². The number of methoxy groups -OCH3 is 1. The van der Waals surface area contributed by atoms with Crippen LogP contribution in [0.1, 0.15) is 70.5 Å². The minimum Gasteiger partial charge on any atom is -0.370 e. The fourth-order valence-electron chi connectivity index (χ4n) is 2.93. The van der Waals surface area contributed by atoms with E-state index < -0.39 is 5.60 Å². The van der Waals surface area contributed by atoms with Crippen LogP contribution in [0.3, 0.4) is 0 Å². The molecule has 1 fully saturated rings. The van der Waals surface area contributed by atoms with Crippen molar-refractivity contribution in [1.82, 2.24) is 15.5 Å². The average molecular weight is 281 g/mol. The summed E-state index contributed by atoms with van der Waals surface area (Å²) in [6.07, 6.45) is 5.64. The molecule has 1 aromatic heterocycles. The number of nitrogens with one attached hydrogen (secondary N) is 1. The maximum Gasteiger partial charge on any atom is 0.231 e. The topological polar surface area (TPSA) is 60.2 Å². The van der Waals surface area contributed by atoms with Crippen LogP contribution < -0.4 is 5.32 Å². The number of hydrogen-bond acceptors (Lipinski definition) is 5. The Morgan fingerprint density at radius 2 is 2.10 bits per heavy atom. The summed E-state index contributed by atoms with van der Waals surface area (Å²) in [6.45, 7) is 7.20. The molecule has 1 aliphatic carbocycles. The van der Waals surface area contributed by atoms with Crippen molar-refractivity contribution in [2.45, 2.75) is 70.4 Å². The third kappa shape index (κ3) is 3.04. The summed E-state index contributed by atoms with van der Waals surface area (Å²) in [5.41, 5.74) is -0.454. The number of likely N-dealkylation sites (N-methyl/N-ethyl adjacent to an activating group) is 1. The van der Waals surface area contributed by atoms with Gasteiger partial charge in [0.2, 0.25) is 11.7 Å². The first-order valence-corrected chi connectivity index (χ1v) is 7.77. The molecule has 1 aliphatic rings. The van der Waals surface area contributed by atoms with E-state index in [2.05, 4.69) is 29.3 Å². The minimum absolute atomic E-state index is 0.336. The van der Waals surface area contributed by atoms with Crippen molar-refractivity contribution in [3.63, 3.8) is 0 Å². The van der Waals surface area contributed by atoms with Crippen LogP contribution in [0, 0.1) is 0 Å². The Kier molecular flexibility index (Phi) is 5.16. The average Bonchev–Trinajstić information content (AvgIpc) is 2.97. The molecule has 1 saturated carbocycles. The lowest BCUT2D eigenvalue weighted by Gasteiger charge is -2.29. The van der Waals surface area contributed by atoms with Gasteiger partial charge in [0.1, 0.15) is 5.60 Å². The molecule has 0 radical (unpaired) electrons. The second kappa shape index (κ2) is 6.68. The lowest BCUT2D eigenvalue weighted by Crippen LogP contribution is -2.37. The molecule has 5 heteroatoms. The first-order chi connectivity index (χ1) is 9.64. The number of ether oxygens (including phenoxy) is 1. The molecule has 0 saturated heterocycles. The van der Waals surface area contributed by atoms with Gasteiger partial charge in [0.25, 0.3) is 0 Å². The van der Waals surface area contributed by atoms with Gasteiger partial charge in [-0.05, 0) is 32.7 Å². The number of hydrogen-bond donors (Lipinski definition) is 1. The molecular weight excluding hydrogens is 254 g/mol. The molecule has 0 amide bonds. The number of rotatable bonds is 6. The summed E-state index contributed by atoms with van der Waals surface area (Å²) in [4.78, 5) is 4.64. The smallest absolute Gasteiger partial charge is 0.231 e. The maximum atomic E-state index is 5.55. The van der Waals surface area contributed by atoms with Gasteiger partial charge < -0.3 is 14.6 Å². The van der Waals surface area contributed by atoms with E-state index in [9.17, 15) is 0 Å². The van der Waals surface area contributed by atoms with Crippen LogP contribution in [-0.2, 0) is 10.3 Å². The molecule has 2 rings (SSSR count). The predicted octanol–water partition coefficient (Wildman–Crippen LogP) is 2.98. The van der Waals surface area contributed by atoms with Crippen LogP contribution >= 0.6 is 0 Å². The third-order valence-corrected chi connectivity index (χ3v) is 4.59. The second-order valence-corrected chi connectivity index (χ2v) is 5.80. The van der Waals surface area contributed by atoms with Gasteiger partial charge in [0, 0.05) is 13.2 Å². The Morgan fingerprint density at radius 3 is 2.75 bits per heavy atom. The van der Waals surface area contributed by atoms with E-state index in [0.717, 1.165) is 25.3 Å². The zero-order valence-corrected chi connectivity index (χ0v) is 13.1. The molecule has 0 spiro atoms. The highest BCUT2D eigenvalue weighted by Crippen LogP contribution is 2.34. The van der Waals surface area contributed by atoms with Gasteiger partial charge in [0.15, 0.2) is 0 Å². The van der Waals surface area contributed by atoms with Crippen LogP contribution in [0.25, 0.3) is 0 Å². The van der Waals surface area contributed by atoms with Crippen LogP contribution in [0.5, 0.6) is 0 Å². The second-order valence-electron chi connectivity index (χ2n) is 5.80. The molecule has 1 aromatic rings. The van der Waals surface area contributed by atoms with Crippen molar-refractivity contribution in [2.24, 2.45) is 0 Å². The summed E-state index contributed by atoms with van der Waals surface area (Å²) in [7, 11) is 1.70. The fourth-order valence-corrected chi connectivity index (χ4v) is 2.93. The molecule has 1 heterocycles. The molecular formula is C15H27N3O2. The molecule has 3 unspecified atom stereocenters. The molecule has 0 aliphatic heterocycles. The summed E-state index contributed by atoms with van der Waals surface area (Å²) in [6, 6.07) is 0.456. The first kappa shape index (κ1) is 15.4. The van der Waals surface area contributed by atoms with Gasteiger partial charge in [-0.1, -0.05) is 31.8 Å².